The second-order valence-corrected chi connectivity index (χ2v) is 10.8. The van der Waals surface area contributed by atoms with Gasteiger partial charge < -0.3 is 10.2 Å². The van der Waals surface area contributed by atoms with E-state index in [-0.39, 0.29) is 18.4 Å². The van der Waals surface area contributed by atoms with Crippen molar-refractivity contribution >= 4 is 44.7 Å². The molecule has 5 rings (SSSR count). The van der Waals surface area contributed by atoms with Gasteiger partial charge in [-0.25, -0.2) is 8.42 Å². The van der Waals surface area contributed by atoms with E-state index in [1.165, 1.54) is 6.07 Å². The van der Waals surface area contributed by atoms with Crippen LogP contribution in [-0.2, 0) is 16.9 Å². The summed E-state index contributed by atoms with van der Waals surface area (Å²) in [6.07, 6.45) is 2.66. The number of anilines is 1. The summed E-state index contributed by atoms with van der Waals surface area (Å²) in [6.45, 7) is 1.02. The van der Waals surface area contributed by atoms with E-state index in [0.29, 0.717) is 37.4 Å². The van der Waals surface area contributed by atoms with Crippen LogP contribution in [0.3, 0.4) is 0 Å². The number of hydrogen-bond acceptors (Lipinski definition) is 7. The zero-order chi connectivity index (χ0) is 27.1. The molecule has 1 saturated heterocycles. The summed E-state index contributed by atoms with van der Waals surface area (Å²) in [6, 6.07) is 13.6. The first-order chi connectivity index (χ1) is 18.1. The van der Waals surface area contributed by atoms with Gasteiger partial charge in [0.05, 0.1) is 16.2 Å². The molecule has 2 aromatic carbocycles. The molecule has 14 heteroatoms. The van der Waals surface area contributed by atoms with Crippen LogP contribution in [0, 0.1) is 0 Å². The Hall–Kier alpha value is -3.71. The molecule has 3 heterocycles. The topological polar surface area (TPSA) is 110 Å². The number of amides is 1. The number of piperidine rings is 1. The lowest BCUT2D eigenvalue weighted by atomic mass is 10.0. The summed E-state index contributed by atoms with van der Waals surface area (Å²) in [5.41, 5.74) is -4.51. The Morgan fingerprint density at radius 1 is 0.974 bits per heavy atom. The van der Waals surface area contributed by atoms with Gasteiger partial charge in [0, 0.05) is 43.1 Å². The largest absolute Gasteiger partial charge is 0.501 e. The standard InChI is InChI=1S/C25H23F3N6O3S.ClH/c1-33-20(10-13-29-33)22-17-6-2-3-7-18(17)23(32-31-22)34-14-11-16(12-15-34)30-24(35)19-8-4-5-9-21(19)38(36,37)25(26,27)28;/h2-10,13,16H,11-12,14-15H2,1H3,(H,30,35);1H. The maximum atomic E-state index is 13.1. The zero-order valence-corrected chi connectivity index (χ0v) is 22.2. The number of benzene rings is 2. The summed E-state index contributed by atoms with van der Waals surface area (Å²) >= 11 is 0. The highest BCUT2D eigenvalue weighted by Gasteiger charge is 2.48. The Morgan fingerprint density at radius 3 is 2.26 bits per heavy atom. The van der Waals surface area contributed by atoms with Gasteiger partial charge in [-0.1, -0.05) is 36.4 Å². The SMILES string of the molecule is Cl.Cn1nccc1-c1nnc(N2CCC(NC(=O)c3ccccc3S(=O)(=O)C(F)(F)F)CC2)c2ccccc12. The number of alkyl halides is 3. The molecule has 9 nitrogen and oxygen atoms in total. The van der Waals surface area contributed by atoms with E-state index in [0.717, 1.165) is 34.7 Å². The molecule has 1 aliphatic heterocycles. The maximum absolute atomic E-state index is 13.1. The fourth-order valence-corrected chi connectivity index (χ4v) is 5.59. The minimum Gasteiger partial charge on any atom is -0.354 e. The Labute approximate surface area is 228 Å². The Balaban J connectivity index is 0.00000353. The van der Waals surface area contributed by atoms with Crippen LogP contribution in [0.15, 0.2) is 65.7 Å². The third-order valence-corrected chi connectivity index (χ3v) is 8.13. The molecule has 4 aromatic rings. The van der Waals surface area contributed by atoms with Gasteiger partial charge in [-0.3, -0.25) is 9.48 Å². The number of sulfone groups is 1. The molecule has 0 radical (unpaired) electrons. The number of hydrogen-bond donors (Lipinski definition) is 1. The summed E-state index contributed by atoms with van der Waals surface area (Å²) in [7, 11) is -3.84. The summed E-state index contributed by atoms with van der Waals surface area (Å²) in [5, 5.41) is 17.7. The van der Waals surface area contributed by atoms with E-state index in [1.54, 1.807) is 10.9 Å². The number of aryl methyl sites for hydroxylation is 1. The van der Waals surface area contributed by atoms with Gasteiger partial charge in [0.15, 0.2) is 5.82 Å². The van der Waals surface area contributed by atoms with Crippen molar-refractivity contribution in [3.8, 4) is 11.4 Å². The number of carbonyl (C=O) groups is 1. The van der Waals surface area contributed by atoms with Crippen molar-refractivity contribution in [3.63, 3.8) is 0 Å². The normalized spacial score (nSPS) is 14.7. The van der Waals surface area contributed by atoms with E-state index in [9.17, 15) is 26.4 Å². The molecule has 0 atom stereocenters. The molecular formula is C25H24ClF3N6O3S. The van der Waals surface area contributed by atoms with Crippen LogP contribution in [0.25, 0.3) is 22.2 Å². The highest BCUT2D eigenvalue weighted by atomic mass is 35.5. The minimum absolute atomic E-state index is 0. The fourth-order valence-electron chi connectivity index (χ4n) is 4.63. The molecule has 0 bridgehead atoms. The van der Waals surface area contributed by atoms with E-state index >= 15 is 0 Å². The van der Waals surface area contributed by atoms with Crippen molar-refractivity contribution in [2.45, 2.75) is 29.3 Å². The lowest BCUT2D eigenvalue weighted by Crippen LogP contribution is -2.45. The number of carbonyl (C=O) groups excluding carboxylic acids is 1. The van der Waals surface area contributed by atoms with Crippen molar-refractivity contribution in [1.29, 1.82) is 0 Å². The smallest absolute Gasteiger partial charge is 0.354 e. The molecule has 0 unspecified atom stereocenters. The zero-order valence-electron chi connectivity index (χ0n) is 20.6. The van der Waals surface area contributed by atoms with Gasteiger partial charge in [0.2, 0.25) is 0 Å². The van der Waals surface area contributed by atoms with Crippen molar-refractivity contribution in [2.75, 3.05) is 18.0 Å². The van der Waals surface area contributed by atoms with Gasteiger partial charge in [-0.05, 0) is 31.0 Å². The van der Waals surface area contributed by atoms with Gasteiger partial charge in [-0.15, -0.1) is 22.6 Å². The minimum atomic E-state index is -5.67. The first-order valence-corrected chi connectivity index (χ1v) is 13.3. The molecule has 206 valence electrons. The van der Waals surface area contributed by atoms with Crippen LogP contribution < -0.4 is 10.2 Å². The molecule has 1 N–H and O–H groups in total. The highest BCUT2D eigenvalue weighted by molar-refractivity contribution is 7.92. The summed E-state index contributed by atoms with van der Waals surface area (Å²) in [4.78, 5) is 13.8. The predicted molar refractivity (Wildman–Crippen MR) is 141 cm³/mol. The van der Waals surface area contributed by atoms with Crippen LogP contribution in [-0.4, -0.2) is 58.9 Å². The monoisotopic (exact) mass is 580 g/mol. The molecular weight excluding hydrogens is 557 g/mol. The number of aromatic nitrogens is 4. The average molecular weight is 581 g/mol. The lowest BCUT2D eigenvalue weighted by molar-refractivity contribution is -0.0436. The summed E-state index contributed by atoms with van der Waals surface area (Å²) < 4.78 is 65.0. The molecule has 0 aliphatic carbocycles. The van der Waals surface area contributed by atoms with Gasteiger partial charge in [-0.2, -0.15) is 18.3 Å². The fraction of sp³-hybridized carbons (Fsp3) is 0.280. The van der Waals surface area contributed by atoms with Crippen LogP contribution in [0.2, 0.25) is 0 Å². The second kappa shape index (κ2) is 10.8. The molecule has 1 aliphatic rings. The quantitative estimate of drug-likeness (QED) is 0.378. The lowest BCUT2D eigenvalue weighted by Gasteiger charge is -2.33. The molecule has 0 spiro atoms. The van der Waals surface area contributed by atoms with E-state index in [4.69, 9.17) is 0 Å². The Morgan fingerprint density at radius 2 is 1.62 bits per heavy atom. The van der Waals surface area contributed by atoms with Crippen LogP contribution >= 0.6 is 12.4 Å². The first-order valence-electron chi connectivity index (χ1n) is 11.8. The number of nitrogens with zero attached hydrogens (tertiary/aromatic N) is 5. The van der Waals surface area contributed by atoms with Crippen LogP contribution in [0.5, 0.6) is 0 Å². The van der Waals surface area contributed by atoms with E-state index in [1.807, 2.05) is 42.3 Å². The van der Waals surface area contributed by atoms with Crippen molar-refractivity contribution in [2.24, 2.45) is 7.05 Å². The molecule has 1 fully saturated rings. The Bertz CT molecular complexity index is 1620. The number of rotatable bonds is 5. The van der Waals surface area contributed by atoms with Crippen molar-refractivity contribution in [3.05, 3.63) is 66.4 Å². The van der Waals surface area contributed by atoms with Crippen molar-refractivity contribution in [1.82, 2.24) is 25.3 Å². The van der Waals surface area contributed by atoms with Crippen LogP contribution in [0.1, 0.15) is 23.2 Å². The molecule has 39 heavy (non-hydrogen) atoms. The Kier molecular flexibility index (Phi) is 7.84. The molecule has 1 amide bonds. The third-order valence-electron chi connectivity index (χ3n) is 6.59. The first kappa shape index (κ1) is 28.3. The number of nitrogens with one attached hydrogen (secondary N) is 1. The molecule has 0 saturated carbocycles. The average Bonchev–Trinajstić information content (AvgIpc) is 3.33. The third kappa shape index (κ3) is 5.28. The van der Waals surface area contributed by atoms with Gasteiger partial charge in [0.1, 0.15) is 5.69 Å². The van der Waals surface area contributed by atoms with E-state index < -0.39 is 31.7 Å². The van der Waals surface area contributed by atoms with Gasteiger partial charge >= 0.3 is 5.51 Å². The maximum Gasteiger partial charge on any atom is 0.501 e. The molecule has 2 aromatic heterocycles. The van der Waals surface area contributed by atoms with E-state index in [2.05, 4.69) is 20.6 Å². The predicted octanol–water partition coefficient (Wildman–Crippen LogP) is 4.14. The number of fused-ring (bicyclic) bond motifs is 1. The number of halogens is 4. The van der Waals surface area contributed by atoms with Crippen LogP contribution in [0.4, 0.5) is 19.0 Å². The highest BCUT2D eigenvalue weighted by Crippen LogP contribution is 2.34. The summed E-state index contributed by atoms with van der Waals surface area (Å²) in [5.74, 6) is -0.171. The van der Waals surface area contributed by atoms with Crippen molar-refractivity contribution < 1.29 is 26.4 Å². The van der Waals surface area contributed by atoms with Gasteiger partial charge in [0.25, 0.3) is 15.7 Å². The second-order valence-electron chi connectivity index (χ2n) is 8.94.